The summed E-state index contributed by atoms with van der Waals surface area (Å²) in [5.74, 6) is -0.833. The van der Waals surface area contributed by atoms with E-state index in [1.807, 2.05) is 63.2 Å². The van der Waals surface area contributed by atoms with E-state index in [0.29, 0.717) is 11.3 Å². The van der Waals surface area contributed by atoms with Crippen LogP contribution in [0.2, 0.25) is 0 Å². The molecule has 2 aromatic carbocycles. The Hall–Kier alpha value is -3.28. The minimum atomic E-state index is -0.634. The Bertz CT molecular complexity index is 1130. The molecule has 1 unspecified atom stereocenters. The van der Waals surface area contributed by atoms with Crippen molar-refractivity contribution in [3.05, 3.63) is 64.2 Å². The van der Waals surface area contributed by atoms with Crippen LogP contribution >= 0.6 is 0 Å². The Labute approximate surface area is 201 Å². The van der Waals surface area contributed by atoms with Crippen LogP contribution in [0.5, 0.6) is 5.75 Å². The van der Waals surface area contributed by atoms with Gasteiger partial charge in [0.05, 0.1) is 24.3 Å². The highest BCUT2D eigenvalue weighted by molar-refractivity contribution is 6.46. The van der Waals surface area contributed by atoms with Crippen LogP contribution < -0.4 is 9.64 Å². The third-order valence-corrected chi connectivity index (χ3v) is 7.05. The van der Waals surface area contributed by atoms with E-state index < -0.39 is 17.7 Å². The second kappa shape index (κ2) is 9.53. The first kappa shape index (κ1) is 23.9. The molecular weight excluding hydrogens is 428 g/mol. The number of hydrogen-bond donors (Lipinski definition) is 1. The lowest BCUT2D eigenvalue weighted by Crippen LogP contribution is -2.40. The van der Waals surface area contributed by atoms with Crippen LogP contribution in [-0.2, 0) is 9.59 Å². The minimum Gasteiger partial charge on any atom is -0.507 e. The highest BCUT2D eigenvalue weighted by atomic mass is 16.5. The molecule has 0 aromatic heterocycles. The molecule has 2 fully saturated rings. The summed E-state index contributed by atoms with van der Waals surface area (Å²) in [5, 5.41) is 11.6. The number of nitrogens with zero attached hydrogens (tertiary/aromatic N) is 2. The zero-order chi connectivity index (χ0) is 24.6. The molecule has 180 valence electrons. The normalized spacial score (nSPS) is 20.6. The van der Waals surface area contributed by atoms with Crippen molar-refractivity contribution in [1.82, 2.24) is 4.90 Å². The van der Waals surface area contributed by atoms with E-state index in [-0.39, 0.29) is 17.4 Å². The van der Waals surface area contributed by atoms with E-state index in [1.54, 1.807) is 18.1 Å². The highest BCUT2D eigenvalue weighted by Crippen LogP contribution is 2.44. The first-order valence-electron chi connectivity index (χ1n) is 12.0. The second-order valence-electron chi connectivity index (χ2n) is 9.65. The maximum atomic E-state index is 13.4. The molecule has 1 aliphatic heterocycles. The molecule has 34 heavy (non-hydrogen) atoms. The number of amides is 1. The molecule has 0 spiro atoms. The van der Waals surface area contributed by atoms with Crippen molar-refractivity contribution in [2.24, 2.45) is 0 Å². The smallest absolute Gasteiger partial charge is 0.295 e. The number of ketones is 1. The van der Waals surface area contributed by atoms with Crippen molar-refractivity contribution in [3.63, 3.8) is 0 Å². The van der Waals surface area contributed by atoms with Gasteiger partial charge in [0.15, 0.2) is 0 Å². The molecule has 6 nitrogen and oxygen atoms in total. The highest BCUT2D eigenvalue weighted by Gasteiger charge is 2.49. The molecule has 0 radical (unpaired) electrons. The van der Waals surface area contributed by atoms with Gasteiger partial charge in [0.1, 0.15) is 11.5 Å². The monoisotopic (exact) mass is 462 g/mol. The van der Waals surface area contributed by atoms with Crippen LogP contribution in [0.25, 0.3) is 5.76 Å². The van der Waals surface area contributed by atoms with Gasteiger partial charge in [-0.25, -0.2) is 0 Å². The molecular formula is C28H34N2O4. The van der Waals surface area contributed by atoms with Gasteiger partial charge in [-0.1, -0.05) is 37.5 Å². The molecule has 4 rings (SSSR count). The number of Topliss-reactive ketones (excluding diaryl/α,β-unsaturated/α-hetero) is 1. The number of aliphatic hydroxyl groups is 1. The molecule has 1 atom stereocenters. The Morgan fingerprint density at radius 2 is 1.68 bits per heavy atom. The Balaban J connectivity index is 1.92. The summed E-state index contributed by atoms with van der Waals surface area (Å²) in [4.78, 5) is 30.6. The second-order valence-corrected chi connectivity index (χ2v) is 9.65. The third-order valence-electron chi connectivity index (χ3n) is 7.05. The van der Waals surface area contributed by atoms with Gasteiger partial charge in [-0.15, -0.1) is 0 Å². The van der Waals surface area contributed by atoms with Crippen LogP contribution in [0.15, 0.2) is 42.0 Å². The Kier molecular flexibility index (Phi) is 6.69. The quantitative estimate of drug-likeness (QED) is 0.379. The Morgan fingerprint density at radius 3 is 2.26 bits per heavy atom. The fourth-order valence-corrected chi connectivity index (χ4v) is 5.41. The van der Waals surface area contributed by atoms with Gasteiger partial charge in [0.2, 0.25) is 0 Å². The van der Waals surface area contributed by atoms with Crippen LogP contribution in [0.1, 0.15) is 60.4 Å². The lowest BCUT2D eigenvalue weighted by molar-refractivity contribution is -0.141. The summed E-state index contributed by atoms with van der Waals surface area (Å²) < 4.78 is 5.59. The molecule has 1 N–H and O–H groups in total. The van der Waals surface area contributed by atoms with E-state index in [4.69, 9.17) is 4.74 Å². The number of aliphatic hydroxyl groups excluding tert-OH is 1. The summed E-state index contributed by atoms with van der Waals surface area (Å²) in [5.41, 5.74) is 4.22. The summed E-state index contributed by atoms with van der Waals surface area (Å²) in [7, 11) is 5.48. The maximum absolute atomic E-state index is 13.4. The lowest BCUT2D eigenvalue weighted by Gasteiger charge is -2.35. The number of hydrogen-bond acceptors (Lipinski definition) is 5. The van der Waals surface area contributed by atoms with E-state index in [9.17, 15) is 14.7 Å². The minimum absolute atomic E-state index is 0.0184. The van der Waals surface area contributed by atoms with Gasteiger partial charge in [0.25, 0.3) is 11.7 Å². The number of aryl methyl sites for hydroxylation is 2. The molecule has 1 saturated heterocycles. The predicted molar refractivity (Wildman–Crippen MR) is 134 cm³/mol. The average molecular weight is 463 g/mol. The van der Waals surface area contributed by atoms with Crippen molar-refractivity contribution in [3.8, 4) is 5.75 Å². The van der Waals surface area contributed by atoms with Crippen LogP contribution in [0.4, 0.5) is 5.69 Å². The van der Waals surface area contributed by atoms with Gasteiger partial charge in [-0.05, 0) is 61.6 Å². The number of anilines is 1. The first-order chi connectivity index (χ1) is 16.2. The van der Waals surface area contributed by atoms with Crippen molar-refractivity contribution < 1.29 is 19.4 Å². The fourth-order valence-electron chi connectivity index (χ4n) is 5.41. The van der Waals surface area contributed by atoms with Gasteiger partial charge in [-0.3, -0.25) is 9.59 Å². The molecule has 1 heterocycles. The number of methoxy groups -OCH3 is 1. The SMILES string of the molecule is COc1c(C)cc(C)cc1/C(O)=C1\C(=O)C(=O)N(C2CCCCC2)C1c1ccc(N(C)C)cc1. The summed E-state index contributed by atoms with van der Waals surface area (Å²) in [6.45, 7) is 3.84. The molecule has 2 aromatic rings. The van der Waals surface area contributed by atoms with Crippen molar-refractivity contribution in [2.75, 3.05) is 26.1 Å². The maximum Gasteiger partial charge on any atom is 0.295 e. The average Bonchev–Trinajstić information content (AvgIpc) is 3.09. The van der Waals surface area contributed by atoms with Crippen LogP contribution in [0, 0.1) is 13.8 Å². The molecule has 6 heteroatoms. The standard InChI is InChI=1S/C28H34N2O4/c1-17-15-18(2)27(34-5)22(16-17)25(31)23-24(19-11-13-20(14-12-19)29(3)4)30(28(33)26(23)32)21-9-7-6-8-10-21/h11-16,21,24,31H,6-10H2,1-5H3/b25-23+. The van der Waals surface area contributed by atoms with Crippen LogP contribution in [0.3, 0.4) is 0 Å². The fraction of sp³-hybridized carbons (Fsp3) is 0.429. The predicted octanol–water partition coefficient (Wildman–Crippen LogP) is 5.13. The first-order valence-corrected chi connectivity index (χ1v) is 12.0. The van der Waals surface area contributed by atoms with Crippen LogP contribution in [-0.4, -0.2) is 48.9 Å². The number of benzene rings is 2. The topological polar surface area (TPSA) is 70.1 Å². The van der Waals surface area contributed by atoms with Crippen molar-refractivity contribution in [2.45, 2.75) is 58.0 Å². The Morgan fingerprint density at radius 1 is 1.03 bits per heavy atom. The zero-order valence-electron chi connectivity index (χ0n) is 20.7. The van der Waals surface area contributed by atoms with E-state index in [0.717, 1.165) is 54.5 Å². The number of likely N-dealkylation sites (tertiary alicyclic amines) is 1. The zero-order valence-corrected chi connectivity index (χ0v) is 20.7. The summed E-state index contributed by atoms with van der Waals surface area (Å²) >= 11 is 0. The molecule has 0 bridgehead atoms. The van der Waals surface area contributed by atoms with E-state index in [1.165, 1.54) is 0 Å². The number of carbonyl (C=O) groups excluding carboxylic acids is 2. The molecule has 1 saturated carbocycles. The van der Waals surface area contributed by atoms with Crippen molar-refractivity contribution in [1.29, 1.82) is 0 Å². The van der Waals surface area contributed by atoms with Crippen molar-refractivity contribution >= 4 is 23.1 Å². The molecule has 2 aliphatic rings. The molecule has 1 aliphatic carbocycles. The van der Waals surface area contributed by atoms with Gasteiger partial charge >= 0.3 is 0 Å². The summed E-state index contributed by atoms with van der Waals surface area (Å²) in [6.07, 6.45) is 4.94. The van der Waals surface area contributed by atoms with E-state index >= 15 is 0 Å². The number of rotatable bonds is 5. The van der Waals surface area contributed by atoms with Gasteiger partial charge in [-0.2, -0.15) is 0 Å². The molecule has 1 amide bonds. The number of ether oxygens (including phenoxy) is 1. The largest absolute Gasteiger partial charge is 0.507 e. The number of carbonyl (C=O) groups is 2. The van der Waals surface area contributed by atoms with Gasteiger partial charge < -0.3 is 19.6 Å². The van der Waals surface area contributed by atoms with E-state index in [2.05, 4.69) is 0 Å². The van der Waals surface area contributed by atoms with Gasteiger partial charge in [0, 0.05) is 25.8 Å². The summed E-state index contributed by atoms with van der Waals surface area (Å²) in [6, 6.07) is 11.0. The third kappa shape index (κ3) is 4.17. The lowest BCUT2D eigenvalue weighted by atomic mass is 9.90.